The molecule has 34 heavy (non-hydrogen) atoms. The van der Waals surface area contributed by atoms with E-state index in [0.29, 0.717) is 19.8 Å². The van der Waals surface area contributed by atoms with Crippen molar-refractivity contribution in [3.05, 3.63) is 107 Å². The van der Waals surface area contributed by atoms with E-state index in [1.54, 1.807) is 0 Å². The quantitative estimate of drug-likeness (QED) is 0.516. The van der Waals surface area contributed by atoms with Gasteiger partial charge in [-0.2, -0.15) is 0 Å². The maximum Gasteiger partial charge on any atom is 0.228 e. The standard InChI is InChI=1S/C28H29FO5/c29-28-27(32-16-21-11-5-2-6-12-21)26-25(31-15-20-9-3-1-4-10-20)24(34-28)19-30-17-22-13-7-8-14-23(22)18-33-26/h1-14,24-28H,15-19H2/t24?,25-,26+,27?,28?/m0/s1. The number of fused-ring (bicyclic) bond motifs is 3. The van der Waals surface area contributed by atoms with Gasteiger partial charge in [0, 0.05) is 0 Å². The average molecular weight is 465 g/mol. The highest BCUT2D eigenvalue weighted by Gasteiger charge is 2.49. The summed E-state index contributed by atoms with van der Waals surface area (Å²) in [7, 11) is 0. The Kier molecular flexibility index (Phi) is 7.63. The lowest BCUT2D eigenvalue weighted by atomic mass is 9.98. The number of hydrogen-bond acceptors (Lipinski definition) is 5. The van der Waals surface area contributed by atoms with Crippen molar-refractivity contribution in [2.24, 2.45) is 0 Å². The molecule has 0 amide bonds. The van der Waals surface area contributed by atoms with Gasteiger partial charge in [-0.25, -0.2) is 4.39 Å². The fourth-order valence-corrected chi connectivity index (χ4v) is 4.41. The summed E-state index contributed by atoms with van der Waals surface area (Å²) >= 11 is 0. The van der Waals surface area contributed by atoms with Crippen LogP contribution in [0.4, 0.5) is 4.39 Å². The van der Waals surface area contributed by atoms with Gasteiger partial charge < -0.3 is 23.7 Å². The Hall–Kier alpha value is -2.61. The summed E-state index contributed by atoms with van der Waals surface area (Å²) in [5.74, 6) is 0. The molecule has 2 bridgehead atoms. The van der Waals surface area contributed by atoms with Crippen LogP contribution < -0.4 is 0 Å². The normalized spacial score (nSPS) is 27.0. The third-order valence-electron chi connectivity index (χ3n) is 6.24. The van der Waals surface area contributed by atoms with Crippen LogP contribution in [0, 0.1) is 0 Å². The van der Waals surface area contributed by atoms with Crippen LogP contribution in [0.3, 0.4) is 0 Å². The van der Waals surface area contributed by atoms with Gasteiger partial charge in [-0.3, -0.25) is 0 Å². The highest BCUT2D eigenvalue weighted by molar-refractivity contribution is 5.26. The van der Waals surface area contributed by atoms with Crippen molar-refractivity contribution >= 4 is 0 Å². The minimum atomic E-state index is -1.66. The SMILES string of the molecule is FC1OC2COCc3ccccc3CO[C@@H](C1OCc1ccccc1)[C@H]2OCc1ccccc1. The number of ether oxygens (including phenoxy) is 5. The topological polar surface area (TPSA) is 46.2 Å². The molecule has 0 aromatic heterocycles. The van der Waals surface area contributed by atoms with E-state index in [0.717, 1.165) is 22.3 Å². The molecule has 1 saturated heterocycles. The van der Waals surface area contributed by atoms with Crippen LogP contribution in [-0.2, 0) is 50.1 Å². The molecule has 3 aromatic rings. The molecule has 0 saturated carbocycles. The van der Waals surface area contributed by atoms with Crippen molar-refractivity contribution in [3.63, 3.8) is 0 Å². The van der Waals surface area contributed by atoms with E-state index in [1.807, 2.05) is 84.9 Å². The molecule has 178 valence electrons. The molecular weight excluding hydrogens is 435 g/mol. The van der Waals surface area contributed by atoms with Crippen LogP contribution in [0.2, 0.25) is 0 Å². The largest absolute Gasteiger partial charge is 0.374 e. The van der Waals surface area contributed by atoms with Gasteiger partial charge in [0.2, 0.25) is 6.36 Å². The highest BCUT2D eigenvalue weighted by Crippen LogP contribution is 2.32. The van der Waals surface area contributed by atoms with Crippen molar-refractivity contribution in [2.45, 2.75) is 57.2 Å². The summed E-state index contributed by atoms with van der Waals surface area (Å²) in [5.41, 5.74) is 4.02. The first-order valence-corrected chi connectivity index (χ1v) is 11.6. The molecule has 5 nitrogen and oxygen atoms in total. The number of alkyl halides is 1. The minimum absolute atomic E-state index is 0.194. The van der Waals surface area contributed by atoms with E-state index >= 15 is 4.39 Å². The molecule has 0 N–H and O–H groups in total. The van der Waals surface area contributed by atoms with Gasteiger partial charge in [-0.1, -0.05) is 84.9 Å². The van der Waals surface area contributed by atoms with Gasteiger partial charge >= 0.3 is 0 Å². The average Bonchev–Trinajstić information content (AvgIpc) is 2.88. The van der Waals surface area contributed by atoms with Crippen molar-refractivity contribution in [1.29, 1.82) is 0 Å². The number of rotatable bonds is 6. The number of benzene rings is 3. The van der Waals surface area contributed by atoms with Crippen molar-refractivity contribution in [3.8, 4) is 0 Å². The summed E-state index contributed by atoms with van der Waals surface area (Å²) in [6, 6.07) is 27.5. The number of halogens is 1. The van der Waals surface area contributed by atoms with Gasteiger partial charge in [0.1, 0.15) is 24.4 Å². The molecule has 0 radical (unpaired) electrons. The Balaban J connectivity index is 1.40. The Labute approximate surface area is 199 Å². The molecular formula is C28H29FO5. The minimum Gasteiger partial charge on any atom is -0.374 e. The second-order valence-electron chi connectivity index (χ2n) is 8.61. The molecule has 3 unspecified atom stereocenters. The highest BCUT2D eigenvalue weighted by atomic mass is 19.1. The molecule has 2 aliphatic rings. The summed E-state index contributed by atoms with van der Waals surface area (Å²) in [6.45, 7) is 1.50. The van der Waals surface area contributed by atoms with Gasteiger partial charge in [0.25, 0.3) is 0 Å². The van der Waals surface area contributed by atoms with E-state index in [2.05, 4.69) is 0 Å². The molecule has 2 heterocycles. The second kappa shape index (κ2) is 11.2. The van der Waals surface area contributed by atoms with Gasteiger partial charge in [0.05, 0.1) is 33.0 Å². The van der Waals surface area contributed by atoms with Crippen LogP contribution >= 0.6 is 0 Å². The Morgan fingerprint density at radius 1 is 0.706 bits per heavy atom. The molecule has 0 spiro atoms. The first-order valence-electron chi connectivity index (χ1n) is 11.6. The van der Waals surface area contributed by atoms with Gasteiger partial charge in [-0.05, 0) is 22.3 Å². The van der Waals surface area contributed by atoms with Crippen molar-refractivity contribution < 1.29 is 28.1 Å². The molecule has 5 atom stereocenters. The summed E-state index contributed by atoms with van der Waals surface area (Å²) in [6.07, 6.45) is -4.45. The number of hydrogen-bond donors (Lipinski definition) is 0. The zero-order chi connectivity index (χ0) is 23.2. The van der Waals surface area contributed by atoms with Gasteiger partial charge in [-0.15, -0.1) is 0 Å². The first-order chi connectivity index (χ1) is 16.8. The first kappa shape index (κ1) is 23.1. The molecule has 2 aliphatic heterocycles. The Morgan fingerprint density at radius 3 is 1.91 bits per heavy atom. The molecule has 3 aromatic carbocycles. The Morgan fingerprint density at radius 2 is 1.26 bits per heavy atom. The lowest BCUT2D eigenvalue weighted by Gasteiger charge is -2.44. The monoisotopic (exact) mass is 464 g/mol. The molecule has 0 aliphatic carbocycles. The lowest BCUT2D eigenvalue weighted by molar-refractivity contribution is -0.299. The zero-order valence-electron chi connectivity index (χ0n) is 18.9. The van der Waals surface area contributed by atoms with Crippen LogP contribution in [-0.4, -0.2) is 37.4 Å². The maximum atomic E-state index is 15.3. The maximum absolute atomic E-state index is 15.3. The lowest BCUT2D eigenvalue weighted by Crippen LogP contribution is -2.60. The molecule has 5 rings (SSSR count). The van der Waals surface area contributed by atoms with Gasteiger partial charge in [0.15, 0.2) is 0 Å². The fraction of sp³-hybridized carbons (Fsp3) is 0.357. The summed E-state index contributed by atoms with van der Waals surface area (Å²) in [4.78, 5) is 0. The molecule has 1 fully saturated rings. The zero-order valence-corrected chi connectivity index (χ0v) is 18.9. The summed E-state index contributed by atoms with van der Waals surface area (Å²) in [5, 5.41) is 0. The van der Waals surface area contributed by atoms with Crippen LogP contribution in [0.25, 0.3) is 0 Å². The van der Waals surface area contributed by atoms with E-state index in [4.69, 9.17) is 23.7 Å². The third kappa shape index (κ3) is 5.54. The van der Waals surface area contributed by atoms with Crippen LogP contribution in [0.5, 0.6) is 0 Å². The Bertz CT molecular complexity index is 1030. The van der Waals surface area contributed by atoms with E-state index in [-0.39, 0.29) is 13.2 Å². The van der Waals surface area contributed by atoms with Crippen LogP contribution in [0.1, 0.15) is 22.3 Å². The van der Waals surface area contributed by atoms with E-state index in [9.17, 15) is 0 Å². The van der Waals surface area contributed by atoms with E-state index in [1.165, 1.54) is 0 Å². The van der Waals surface area contributed by atoms with Crippen molar-refractivity contribution in [1.82, 2.24) is 0 Å². The predicted octanol–water partition coefficient (Wildman–Crippen LogP) is 4.97. The predicted molar refractivity (Wildman–Crippen MR) is 124 cm³/mol. The third-order valence-corrected chi connectivity index (χ3v) is 6.24. The fourth-order valence-electron chi connectivity index (χ4n) is 4.41. The summed E-state index contributed by atoms with van der Waals surface area (Å²) < 4.78 is 45.8. The molecule has 6 heteroatoms. The van der Waals surface area contributed by atoms with Crippen LogP contribution in [0.15, 0.2) is 84.9 Å². The van der Waals surface area contributed by atoms with Crippen molar-refractivity contribution in [2.75, 3.05) is 6.61 Å². The van der Waals surface area contributed by atoms with E-state index < -0.39 is 30.8 Å². The smallest absolute Gasteiger partial charge is 0.228 e. The second-order valence-corrected chi connectivity index (χ2v) is 8.61.